The van der Waals surface area contributed by atoms with E-state index in [9.17, 15) is 26.4 Å². The Kier molecular flexibility index (Phi) is 6.39. The van der Waals surface area contributed by atoms with Crippen molar-refractivity contribution in [3.63, 3.8) is 0 Å². The van der Waals surface area contributed by atoms with Gasteiger partial charge in [-0.2, -0.15) is 17.5 Å². The monoisotopic (exact) mass is 482 g/mol. The molecule has 4 rings (SSSR count). The minimum atomic E-state index is -4.51. The summed E-state index contributed by atoms with van der Waals surface area (Å²) in [4.78, 5) is 14.5. The molecule has 0 N–H and O–H groups in total. The van der Waals surface area contributed by atoms with Gasteiger partial charge in [0.1, 0.15) is 0 Å². The maximum atomic E-state index is 12.8. The normalized spacial score (nSPS) is 16.5. The number of sulfonamides is 1. The third-order valence-electron chi connectivity index (χ3n) is 5.59. The maximum Gasteiger partial charge on any atom is 0.416 e. The summed E-state index contributed by atoms with van der Waals surface area (Å²) in [5, 5.41) is 2.83. The second-order valence-corrected chi connectivity index (χ2v) is 10.4. The Morgan fingerprint density at radius 2 is 1.62 bits per heavy atom. The number of ketones is 1. The molecule has 0 spiro atoms. The minimum Gasteiger partial charge on any atom is -0.300 e. The molecule has 170 valence electrons. The Hall–Kier alpha value is -2.27. The van der Waals surface area contributed by atoms with Gasteiger partial charge in [-0.1, -0.05) is 18.2 Å². The van der Waals surface area contributed by atoms with E-state index in [4.69, 9.17) is 0 Å². The number of rotatable bonds is 6. The first-order valence-electron chi connectivity index (χ1n) is 10.1. The molecular weight excluding hydrogens is 461 g/mol. The van der Waals surface area contributed by atoms with Gasteiger partial charge in [0.25, 0.3) is 0 Å². The highest BCUT2D eigenvalue weighted by molar-refractivity contribution is 7.89. The first kappa shape index (κ1) is 22.9. The van der Waals surface area contributed by atoms with Crippen molar-refractivity contribution in [2.45, 2.75) is 17.5 Å². The highest BCUT2D eigenvalue weighted by Crippen LogP contribution is 2.30. The van der Waals surface area contributed by atoms with Crippen molar-refractivity contribution in [3.8, 4) is 0 Å². The van der Waals surface area contributed by atoms with E-state index < -0.39 is 21.8 Å². The topological polar surface area (TPSA) is 57.7 Å². The Morgan fingerprint density at radius 3 is 2.28 bits per heavy atom. The fourth-order valence-electron chi connectivity index (χ4n) is 3.75. The standard InChI is InChI=1S/C22H21F3N2O3S2/c23-22(24,25)16-5-7-17(8-6-16)32(29,30)27-13-11-26(12-14-27)10-9-20(28)19-15-31-21-4-2-1-3-18(19)21/h1-8,15H,9-14H2. The van der Waals surface area contributed by atoms with Crippen LogP contribution in [0, 0.1) is 0 Å². The molecule has 0 radical (unpaired) electrons. The summed E-state index contributed by atoms with van der Waals surface area (Å²) in [5.74, 6) is 0.0576. The van der Waals surface area contributed by atoms with Gasteiger partial charge in [0.2, 0.25) is 10.0 Å². The van der Waals surface area contributed by atoms with E-state index in [2.05, 4.69) is 0 Å². The van der Waals surface area contributed by atoms with Crippen molar-refractivity contribution >= 4 is 37.2 Å². The summed E-state index contributed by atoms with van der Waals surface area (Å²) in [7, 11) is -3.87. The molecule has 1 fully saturated rings. The number of carbonyl (C=O) groups excluding carboxylic acids is 1. The van der Waals surface area contributed by atoms with Crippen molar-refractivity contribution in [2.75, 3.05) is 32.7 Å². The lowest BCUT2D eigenvalue weighted by atomic mass is 10.1. The van der Waals surface area contributed by atoms with Gasteiger partial charge in [0, 0.05) is 60.2 Å². The molecule has 0 aliphatic carbocycles. The maximum absolute atomic E-state index is 12.8. The average Bonchev–Trinajstić information content (AvgIpc) is 3.21. The highest BCUT2D eigenvalue weighted by atomic mass is 32.2. The van der Waals surface area contributed by atoms with Crippen LogP contribution in [0.2, 0.25) is 0 Å². The van der Waals surface area contributed by atoms with E-state index in [-0.39, 0.29) is 23.8 Å². The molecule has 32 heavy (non-hydrogen) atoms. The van der Waals surface area contributed by atoms with Crippen LogP contribution in [0.3, 0.4) is 0 Å². The molecule has 5 nitrogen and oxygen atoms in total. The molecule has 1 aliphatic heterocycles. The van der Waals surface area contributed by atoms with E-state index in [0.717, 1.165) is 34.4 Å². The second-order valence-electron chi connectivity index (χ2n) is 7.59. The fraction of sp³-hybridized carbons (Fsp3) is 0.318. The van der Waals surface area contributed by atoms with Crippen LogP contribution < -0.4 is 0 Å². The highest BCUT2D eigenvalue weighted by Gasteiger charge is 2.32. The number of benzene rings is 2. The van der Waals surface area contributed by atoms with Crippen LogP contribution in [0.25, 0.3) is 10.1 Å². The molecule has 2 aromatic carbocycles. The van der Waals surface area contributed by atoms with Crippen molar-refractivity contribution in [3.05, 3.63) is 65.0 Å². The van der Waals surface area contributed by atoms with Crippen LogP contribution in [-0.2, 0) is 16.2 Å². The van der Waals surface area contributed by atoms with Gasteiger partial charge in [-0.3, -0.25) is 4.79 Å². The SMILES string of the molecule is O=C(CCN1CCN(S(=O)(=O)c2ccc(C(F)(F)F)cc2)CC1)c1csc2ccccc12. The largest absolute Gasteiger partial charge is 0.416 e. The number of Topliss-reactive ketones (excluding diaryl/α,β-unsaturated/α-hetero) is 1. The summed E-state index contributed by atoms with van der Waals surface area (Å²) >= 11 is 1.54. The summed E-state index contributed by atoms with van der Waals surface area (Å²) in [5.41, 5.74) is -0.168. The van der Waals surface area contributed by atoms with Crippen LogP contribution in [0.1, 0.15) is 22.3 Å². The van der Waals surface area contributed by atoms with Gasteiger partial charge in [0.05, 0.1) is 10.5 Å². The number of carbonyl (C=O) groups is 1. The van der Waals surface area contributed by atoms with Crippen molar-refractivity contribution in [2.24, 2.45) is 0 Å². The summed E-state index contributed by atoms with van der Waals surface area (Å²) in [6, 6.07) is 11.3. The lowest BCUT2D eigenvalue weighted by molar-refractivity contribution is -0.137. The molecular formula is C22H21F3N2O3S2. The van der Waals surface area contributed by atoms with Gasteiger partial charge in [-0.05, 0) is 30.3 Å². The predicted molar refractivity (Wildman–Crippen MR) is 117 cm³/mol. The van der Waals surface area contributed by atoms with E-state index in [1.54, 1.807) is 0 Å². The van der Waals surface area contributed by atoms with Crippen molar-refractivity contribution in [1.82, 2.24) is 9.21 Å². The summed E-state index contributed by atoms with van der Waals surface area (Å²) in [6.45, 7) is 1.88. The molecule has 10 heteroatoms. The Bertz CT molecular complexity index is 1210. The van der Waals surface area contributed by atoms with E-state index in [0.29, 0.717) is 31.6 Å². The fourth-order valence-corrected chi connectivity index (χ4v) is 6.13. The molecule has 1 saturated heterocycles. The lowest BCUT2D eigenvalue weighted by Gasteiger charge is -2.33. The van der Waals surface area contributed by atoms with Gasteiger partial charge >= 0.3 is 6.18 Å². The third kappa shape index (κ3) is 4.73. The number of hydrogen-bond donors (Lipinski definition) is 0. The molecule has 0 atom stereocenters. The number of hydrogen-bond acceptors (Lipinski definition) is 5. The van der Waals surface area contributed by atoms with E-state index >= 15 is 0 Å². The van der Waals surface area contributed by atoms with Crippen LogP contribution in [0.4, 0.5) is 13.2 Å². The number of fused-ring (bicyclic) bond motifs is 1. The molecule has 3 aromatic rings. The van der Waals surface area contributed by atoms with Gasteiger partial charge in [-0.15, -0.1) is 11.3 Å². The minimum absolute atomic E-state index is 0.0576. The van der Waals surface area contributed by atoms with Gasteiger partial charge < -0.3 is 4.90 Å². The average molecular weight is 483 g/mol. The smallest absolute Gasteiger partial charge is 0.300 e. The number of piperazine rings is 1. The molecule has 1 aliphatic rings. The zero-order valence-electron chi connectivity index (χ0n) is 17.0. The second kappa shape index (κ2) is 8.93. The molecule has 0 saturated carbocycles. The predicted octanol–water partition coefficient (Wildman–Crippen LogP) is 4.50. The summed E-state index contributed by atoms with van der Waals surface area (Å²) in [6.07, 6.45) is -4.17. The van der Waals surface area contributed by atoms with Gasteiger partial charge in [0.15, 0.2) is 5.78 Å². The number of thiophene rings is 1. The van der Waals surface area contributed by atoms with Crippen LogP contribution in [0.5, 0.6) is 0 Å². The van der Waals surface area contributed by atoms with E-state index in [1.165, 1.54) is 15.6 Å². The molecule has 0 unspecified atom stereocenters. The molecule has 0 bridgehead atoms. The molecule has 2 heterocycles. The third-order valence-corrected chi connectivity index (χ3v) is 8.46. The zero-order chi connectivity index (χ0) is 22.9. The lowest BCUT2D eigenvalue weighted by Crippen LogP contribution is -2.48. The molecule has 1 aromatic heterocycles. The van der Waals surface area contributed by atoms with E-state index in [1.807, 2.05) is 34.5 Å². The first-order chi connectivity index (χ1) is 15.2. The van der Waals surface area contributed by atoms with Crippen molar-refractivity contribution in [1.29, 1.82) is 0 Å². The van der Waals surface area contributed by atoms with Crippen molar-refractivity contribution < 1.29 is 26.4 Å². The number of alkyl halides is 3. The van der Waals surface area contributed by atoms with Gasteiger partial charge in [-0.25, -0.2) is 8.42 Å². The zero-order valence-corrected chi connectivity index (χ0v) is 18.6. The number of halogens is 3. The quantitative estimate of drug-likeness (QED) is 0.486. The van der Waals surface area contributed by atoms with Crippen LogP contribution in [0.15, 0.2) is 58.8 Å². The number of nitrogens with zero attached hydrogens (tertiary/aromatic N) is 2. The Balaban J connectivity index is 1.33. The summed E-state index contributed by atoms with van der Waals surface area (Å²) < 4.78 is 66.1. The van der Waals surface area contributed by atoms with Crippen LogP contribution >= 0.6 is 11.3 Å². The Morgan fingerprint density at radius 1 is 0.969 bits per heavy atom. The molecule has 0 amide bonds. The van der Waals surface area contributed by atoms with Crippen LogP contribution in [-0.4, -0.2) is 56.1 Å². The first-order valence-corrected chi connectivity index (χ1v) is 12.4. The Labute approximate surface area is 188 Å².